The van der Waals surface area contributed by atoms with E-state index in [1.807, 2.05) is 18.2 Å². The van der Waals surface area contributed by atoms with Crippen LogP contribution in [0.1, 0.15) is 44.6 Å². The van der Waals surface area contributed by atoms with Crippen molar-refractivity contribution in [3.8, 4) is 5.75 Å². The summed E-state index contributed by atoms with van der Waals surface area (Å²) < 4.78 is 5.46. The van der Waals surface area contributed by atoms with E-state index in [9.17, 15) is 9.59 Å². The lowest BCUT2D eigenvalue weighted by atomic mass is 10.1. The van der Waals surface area contributed by atoms with Crippen LogP contribution in [0, 0.1) is 0 Å². The van der Waals surface area contributed by atoms with Gasteiger partial charge in [0.05, 0.1) is 18.5 Å². The molecule has 0 amide bonds. The zero-order valence-corrected chi connectivity index (χ0v) is 19.5. The number of carbonyl (C=O) groups excluding carboxylic acids is 2. The predicted molar refractivity (Wildman–Crippen MR) is 128 cm³/mol. The maximum absolute atomic E-state index is 12.2. The Labute approximate surface area is 192 Å². The maximum Gasteiger partial charge on any atom is 0.203 e. The third-order valence-corrected chi connectivity index (χ3v) is 5.53. The molecule has 0 saturated heterocycles. The molecule has 4 N–H and O–H groups in total. The number of ketones is 2. The fourth-order valence-corrected chi connectivity index (χ4v) is 3.62. The topological polar surface area (TPSA) is 96.7 Å². The van der Waals surface area contributed by atoms with E-state index in [1.54, 1.807) is 7.11 Å². The number of benzene rings is 1. The SMILES string of the molecule is CCN(CCCCCCNC1=CC(=O)C(NCCCN)=CC1=O)Cc1ccccc1OC. The minimum atomic E-state index is -0.168. The first-order valence-electron chi connectivity index (χ1n) is 11.6. The van der Waals surface area contributed by atoms with Gasteiger partial charge < -0.3 is 21.1 Å². The average Bonchev–Trinajstić information content (AvgIpc) is 2.80. The molecule has 1 aliphatic carbocycles. The summed E-state index contributed by atoms with van der Waals surface area (Å²) in [4.78, 5) is 26.8. The zero-order valence-electron chi connectivity index (χ0n) is 19.5. The van der Waals surface area contributed by atoms with E-state index in [2.05, 4.69) is 28.5 Å². The Bertz CT molecular complexity index is 804. The molecule has 0 atom stereocenters. The third kappa shape index (κ3) is 8.48. The van der Waals surface area contributed by atoms with Crippen molar-refractivity contribution in [2.24, 2.45) is 5.73 Å². The van der Waals surface area contributed by atoms with Gasteiger partial charge in [0.15, 0.2) is 0 Å². The van der Waals surface area contributed by atoms with Crippen molar-refractivity contribution in [1.29, 1.82) is 0 Å². The smallest absolute Gasteiger partial charge is 0.203 e. The van der Waals surface area contributed by atoms with Gasteiger partial charge in [0.2, 0.25) is 11.6 Å². The number of nitrogens with two attached hydrogens (primary N) is 1. The zero-order chi connectivity index (χ0) is 23.2. The van der Waals surface area contributed by atoms with Gasteiger partial charge in [-0.25, -0.2) is 0 Å². The predicted octanol–water partition coefficient (Wildman–Crippen LogP) is 2.53. The molecule has 2 rings (SSSR count). The number of rotatable bonds is 16. The number of carbonyl (C=O) groups is 2. The van der Waals surface area contributed by atoms with Crippen molar-refractivity contribution in [1.82, 2.24) is 15.5 Å². The molecule has 32 heavy (non-hydrogen) atoms. The van der Waals surface area contributed by atoms with Gasteiger partial charge in [0, 0.05) is 37.3 Å². The molecule has 1 aliphatic rings. The van der Waals surface area contributed by atoms with Crippen LogP contribution >= 0.6 is 0 Å². The van der Waals surface area contributed by atoms with Crippen LogP contribution in [0.3, 0.4) is 0 Å². The monoisotopic (exact) mass is 442 g/mol. The van der Waals surface area contributed by atoms with Crippen molar-refractivity contribution < 1.29 is 14.3 Å². The normalized spacial score (nSPS) is 13.8. The Morgan fingerprint density at radius 3 is 2.16 bits per heavy atom. The molecule has 1 aromatic carbocycles. The summed E-state index contributed by atoms with van der Waals surface area (Å²) in [6, 6.07) is 8.17. The Balaban J connectivity index is 1.62. The maximum atomic E-state index is 12.2. The second kappa shape index (κ2) is 14.4. The molecule has 7 heteroatoms. The van der Waals surface area contributed by atoms with Gasteiger partial charge in [0.25, 0.3) is 0 Å². The number of ether oxygens (including phenoxy) is 1. The molecule has 0 radical (unpaired) electrons. The molecular formula is C25H38N4O3. The fraction of sp³-hybridized carbons (Fsp3) is 0.520. The number of hydrogen-bond acceptors (Lipinski definition) is 7. The van der Waals surface area contributed by atoms with Gasteiger partial charge in [0.1, 0.15) is 5.75 Å². The first-order chi connectivity index (χ1) is 15.6. The summed E-state index contributed by atoms with van der Waals surface area (Å²) >= 11 is 0. The highest BCUT2D eigenvalue weighted by molar-refractivity contribution is 6.19. The third-order valence-electron chi connectivity index (χ3n) is 5.53. The van der Waals surface area contributed by atoms with Crippen LogP contribution in [0.4, 0.5) is 0 Å². The number of unbranched alkanes of at least 4 members (excludes halogenated alkanes) is 3. The van der Waals surface area contributed by atoms with E-state index in [0.29, 0.717) is 31.0 Å². The van der Waals surface area contributed by atoms with Crippen LogP contribution in [0.25, 0.3) is 0 Å². The number of para-hydroxylation sites is 1. The standard InChI is InChI=1S/C25H38N4O3/c1-3-29(19-20-11-6-7-12-25(20)32-2)16-9-5-4-8-14-27-21-17-24(31)22(18-23(21)30)28-15-10-13-26/h6-7,11-12,17-18,27-28H,3-5,8-10,13-16,19,26H2,1-2H3. The summed E-state index contributed by atoms with van der Waals surface area (Å²) in [6.45, 7) is 6.94. The summed E-state index contributed by atoms with van der Waals surface area (Å²) in [6.07, 6.45) is 7.82. The molecule has 0 heterocycles. The largest absolute Gasteiger partial charge is 0.496 e. The van der Waals surface area contributed by atoms with Gasteiger partial charge in [-0.15, -0.1) is 0 Å². The van der Waals surface area contributed by atoms with Crippen molar-refractivity contribution >= 4 is 11.6 Å². The highest BCUT2D eigenvalue weighted by Crippen LogP contribution is 2.19. The highest BCUT2D eigenvalue weighted by Gasteiger charge is 2.19. The average molecular weight is 443 g/mol. The first kappa shape index (κ1) is 25.6. The molecule has 0 bridgehead atoms. The summed E-state index contributed by atoms with van der Waals surface area (Å²) in [5, 5.41) is 6.10. The number of hydrogen-bond donors (Lipinski definition) is 3. The molecule has 176 valence electrons. The lowest BCUT2D eigenvalue weighted by molar-refractivity contribution is -0.115. The van der Waals surface area contributed by atoms with Crippen LogP contribution in [0.2, 0.25) is 0 Å². The van der Waals surface area contributed by atoms with Gasteiger partial charge in [-0.05, 0) is 45.0 Å². The van der Waals surface area contributed by atoms with Gasteiger partial charge in [-0.2, -0.15) is 0 Å². The molecule has 0 aromatic heterocycles. The molecule has 0 spiro atoms. The van der Waals surface area contributed by atoms with Crippen LogP contribution in [-0.4, -0.2) is 56.3 Å². The molecule has 0 saturated carbocycles. The van der Waals surface area contributed by atoms with E-state index in [0.717, 1.165) is 57.5 Å². The van der Waals surface area contributed by atoms with Crippen LogP contribution < -0.4 is 21.1 Å². The summed E-state index contributed by atoms with van der Waals surface area (Å²) in [5.74, 6) is 0.615. The molecule has 0 aliphatic heterocycles. The first-order valence-corrected chi connectivity index (χ1v) is 11.6. The number of nitrogens with one attached hydrogen (secondary N) is 2. The van der Waals surface area contributed by atoms with Crippen molar-refractivity contribution in [3.63, 3.8) is 0 Å². The Kier molecular flexibility index (Phi) is 11.6. The molecule has 0 fully saturated rings. The lowest BCUT2D eigenvalue weighted by Crippen LogP contribution is -2.30. The lowest BCUT2D eigenvalue weighted by Gasteiger charge is -2.21. The van der Waals surface area contributed by atoms with Gasteiger partial charge in [-0.1, -0.05) is 38.0 Å². The van der Waals surface area contributed by atoms with E-state index in [-0.39, 0.29) is 11.6 Å². The van der Waals surface area contributed by atoms with E-state index >= 15 is 0 Å². The van der Waals surface area contributed by atoms with Crippen molar-refractivity contribution in [2.75, 3.05) is 39.8 Å². The highest BCUT2D eigenvalue weighted by atomic mass is 16.5. The van der Waals surface area contributed by atoms with E-state index in [4.69, 9.17) is 10.5 Å². The number of allylic oxidation sites excluding steroid dienone is 2. The molecule has 7 nitrogen and oxygen atoms in total. The van der Waals surface area contributed by atoms with E-state index in [1.165, 1.54) is 17.7 Å². The Morgan fingerprint density at radius 1 is 0.906 bits per heavy atom. The summed E-state index contributed by atoms with van der Waals surface area (Å²) in [5.41, 5.74) is 7.40. The minimum absolute atomic E-state index is 0.158. The summed E-state index contributed by atoms with van der Waals surface area (Å²) in [7, 11) is 1.71. The minimum Gasteiger partial charge on any atom is -0.496 e. The van der Waals surface area contributed by atoms with Crippen molar-refractivity contribution in [3.05, 3.63) is 53.4 Å². The second-order valence-electron chi connectivity index (χ2n) is 7.94. The van der Waals surface area contributed by atoms with Crippen LogP contribution in [0.5, 0.6) is 5.75 Å². The number of methoxy groups -OCH3 is 1. The molecule has 0 unspecified atom stereocenters. The molecular weight excluding hydrogens is 404 g/mol. The van der Waals surface area contributed by atoms with Crippen molar-refractivity contribution in [2.45, 2.75) is 45.6 Å². The quantitative estimate of drug-likeness (QED) is 0.267. The van der Waals surface area contributed by atoms with Crippen LogP contribution in [-0.2, 0) is 16.1 Å². The Morgan fingerprint density at radius 2 is 1.53 bits per heavy atom. The molecule has 1 aromatic rings. The van der Waals surface area contributed by atoms with Gasteiger partial charge >= 0.3 is 0 Å². The van der Waals surface area contributed by atoms with E-state index < -0.39 is 0 Å². The van der Waals surface area contributed by atoms with Gasteiger partial charge in [-0.3, -0.25) is 14.5 Å². The fourth-order valence-electron chi connectivity index (χ4n) is 3.62. The number of nitrogens with zero attached hydrogens (tertiary/aromatic N) is 1. The van der Waals surface area contributed by atoms with Crippen LogP contribution in [0.15, 0.2) is 47.8 Å². The second-order valence-corrected chi connectivity index (χ2v) is 7.94. The Hall–Kier alpha value is -2.64.